The lowest BCUT2D eigenvalue weighted by molar-refractivity contribution is -0.120. The Bertz CT molecular complexity index is 570. The van der Waals surface area contributed by atoms with Crippen molar-refractivity contribution >= 4 is 45.4 Å². The van der Waals surface area contributed by atoms with Crippen LogP contribution >= 0.6 is 39.5 Å². The molecular weight excluding hydrogens is 428 g/mol. The molecule has 3 unspecified atom stereocenters. The van der Waals surface area contributed by atoms with Gasteiger partial charge in [0.25, 0.3) is 0 Å². The van der Waals surface area contributed by atoms with Crippen molar-refractivity contribution in [2.45, 2.75) is 59.7 Å². The van der Waals surface area contributed by atoms with E-state index in [0.717, 1.165) is 24.0 Å². The van der Waals surface area contributed by atoms with Gasteiger partial charge >= 0.3 is 0 Å². The van der Waals surface area contributed by atoms with Gasteiger partial charge in [0.15, 0.2) is 0 Å². The standard InChI is InChI=1S/C20H31BrN2OS2/c1-15(20(24)22-12-7-13-23(2)3)25-18-10-4-5-11-19(18)26-17-9-6-8-16(21)14-17/h6,8-9,14-15,18-19H,4-5,7,10-13H2,1-3H3,(H,22,24). The van der Waals surface area contributed by atoms with Crippen molar-refractivity contribution in [3.63, 3.8) is 0 Å². The van der Waals surface area contributed by atoms with Gasteiger partial charge in [-0.3, -0.25) is 4.79 Å². The number of thioether (sulfide) groups is 2. The maximum Gasteiger partial charge on any atom is 0.232 e. The number of carbonyl (C=O) groups is 1. The Labute approximate surface area is 175 Å². The van der Waals surface area contributed by atoms with Crippen LogP contribution in [0.1, 0.15) is 39.0 Å². The number of benzene rings is 1. The zero-order valence-corrected chi connectivity index (χ0v) is 19.3. The van der Waals surface area contributed by atoms with Crippen LogP contribution in [-0.2, 0) is 4.79 Å². The largest absolute Gasteiger partial charge is 0.355 e. The molecule has 1 amide bonds. The van der Waals surface area contributed by atoms with E-state index >= 15 is 0 Å². The molecule has 0 spiro atoms. The van der Waals surface area contributed by atoms with Crippen molar-refractivity contribution in [3.05, 3.63) is 28.7 Å². The van der Waals surface area contributed by atoms with Gasteiger partial charge < -0.3 is 10.2 Å². The summed E-state index contributed by atoms with van der Waals surface area (Å²) in [5, 5.41) is 4.26. The van der Waals surface area contributed by atoms with Gasteiger partial charge in [-0.25, -0.2) is 0 Å². The fourth-order valence-electron chi connectivity index (χ4n) is 3.14. The van der Waals surface area contributed by atoms with Gasteiger partial charge in [0.1, 0.15) is 0 Å². The number of nitrogens with one attached hydrogen (secondary N) is 1. The SMILES string of the molecule is CC(SC1CCCCC1Sc1cccc(Br)c1)C(=O)NCCCN(C)C. The van der Waals surface area contributed by atoms with E-state index in [9.17, 15) is 4.79 Å². The van der Waals surface area contributed by atoms with E-state index in [1.54, 1.807) is 0 Å². The number of carbonyl (C=O) groups excluding carboxylic acids is 1. The van der Waals surface area contributed by atoms with Crippen LogP contribution < -0.4 is 5.32 Å². The number of amides is 1. The third kappa shape index (κ3) is 7.83. The summed E-state index contributed by atoms with van der Waals surface area (Å²) in [7, 11) is 4.12. The highest BCUT2D eigenvalue weighted by atomic mass is 79.9. The maximum atomic E-state index is 12.4. The van der Waals surface area contributed by atoms with E-state index in [1.165, 1.54) is 30.6 Å². The van der Waals surface area contributed by atoms with E-state index in [0.29, 0.717) is 10.5 Å². The Kier molecular flexibility index (Phi) is 9.89. The molecule has 3 nitrogen and oxygen atoms in total. The molecule has 0 heterocycles. The van der Waals surface area contributed by atoms with Gasteiger partial charge in [0, 0.05) is 26.4 Å². The lowest BCUT2D eigenvalue weighted by Crippen LogP contribution is -2.35. The summed E-state index contributed by atoms with van der Waals surface area (Å²) in [6.07, 6.45) is 6.04. The molecule has 2 rings (SSSR count). The van der Waals surface area contributed by atoms with Crippen LogP contribution in [-0.4, -0.2) is 53.7 Å². The highest BCUT2D eigenvalue weighted by Gasteiger charge is 2.29. The van der Waals surface area contributed by atoms with Crippen molar-refractivity contribution in [3.8, 4) is 0 Å². The van der Waals surface area contributed by atoms with Gasteiger partial charge in [-0.1, -0.05) is 34.8 Å². The average molecular weight is 460 g/mol. The van der Waals surface area contributed by atoms with Crippen LogP contribution in [0.5, 0.6) is 0 Å². The predicted octanol–water partition coefficient (Wildman–Crippen LogP) is 5.04. The first-order valence-corrected chi connectivity index (χ1v) is 12.1. The minimum absolute atomic E-state index is 0.0167. The third-order valence-electron chi connectivity index (χ3n) is 4.55. The van der Waals surface area contributed by atoms with Crippen LogP contribution in [0.2, 0.25) is 0 Å². The number of hydrogen-bond donors (Lipinski definition) is 1. The van der Waals surface area contributed by atoms with Gasteiger partial charge in [-0.15, -0.1) is 23.5 Å². The van der Waals surface area contributed by atoms with Crippen LogP contribution in [0.4, 0.5) is 0 Å². The minimum atomic E-state index is 0.0167. The highest BCUT2D eigenvalue weighted by Crippen LogP contribution is 2.41. The Morgan fingerprint density at radius 1 is 1.31 bits per heavy atom. The summed E-state index contributed by atoms with van der Waals surface area (Å²) in [5.41, 5.74) is 0. The molecule has 1 aliphatic rings. The van der Waals surface area contributed by atoms with E-state index in [2.05, 4.69) is 71.4 Å². The normalized spacial score (nSPS) is 21.6. The fourth-order valence-corrected chi connectivity index (χ4v) is 6.67. The zero-order chi connectivity index (χ0) is 18.9. The lowest BCUT2D eigenvalue weighted by Gasteiger charge is -2.32. The Hall–Kier alpha value is -0.170. The molecule has 0 radical (unpaired) electrons. The summed E-state index contributed by atoms with van der Waals surface area (Å²) in [6.45, 7) is 3.83. The number of halogens is 1. The van der Waals surface area contributed by atoms with E-state index < -0.39 is 0 Å². The van der Waals surface area contributed by atoms with Crippen LogP contribution in [0.3, 0.4) is 0 Å². The van der Waals surface area contributed by atoms with Gasteiger partial charge in [-0.2, -0.15) is 0 Å². The molecule has 1 fully saturated rings. The molecule has 146 valence electrons. The van der Waals surface area contributed by atoms with E-state index in [-0.39, 0.29) is 11.2 Å². The first kappa shape index (κ1) is 22.1. The van der Waals surface area contributed by atoms with Crippen molar-refractivity contribution in [1.82, 2.24) is 10.2 Å². The Balaban J connectivity index is 1.83. The molecule has 26 heavy (non-hydrogen) atoms. The predicted molar refractivity (Wildman–Crippen MR) is 119 cm³/mol. The monoisotopic (exact) mass is 458 g/mol. The Morgan fingerprint density at radius 3 is 2.73 bits per heavy atom. The van der Waals surface area contributed by atoms with Crippen LogP contribution in [0.15, 0.2) is 33.6 Å². The summed E-state index contributed by atoms with van der Waals surface area (Å²) in [6, 6.07) is 8.55. The van der Waals surface area contributed by atoms with Crippen molar-refractivity contribution in [2.75, 3.05) is 27.2 Å². The molecule has 1 aromatic carbocycles. The topological polar surface area (TPSA) is 32.3 Å². The van der Waals surface area contributed by atoms with Crippen LogP contribution in [0, 0.1) is 0 Å². The van der Waals surface area contributed by atoms with Crippen molar-refractivity contribution < 1.29 is 4.79 Å². The number of nitrogens with zero attached hydrogens (tertiary/aromatic N) is 1. The fraction of sp³-hybridized carbons (Fsp3) is 0.650. The third-order valence-corrected chi connectivity index (χ3v) is 8.15. The molecule has 3 atom stereocenters. The molecule has 6 heteroatoms. The average Bonchev–Trinajstić information content (AvgIpc) is 2.60. The minimum Gasteiger partial charge on any atom is -0.355 e. The van der Waals surface area contributed by atoms with Gasteiger partial charge in [-0.05, 0) is 65.0 Å². The quantitative estimate of drug-likeness (QED) is 0.525. The highest BCUT2D eigenvalue weighted by molar-refractivity contribution is 9.10. The summed E-state index contributed by atoms with van der Waals surface area (Å²) >= 11 is 7.41. The Morgan fingerprint density at radius 2 is 2.04 bits per heavy atom. The lowest BCUT2D eigenvalue weighted by atomic mass is 10.00. The number of hydrogen-bond acceptors (Lipinski definition) is 4. The molecular formula is C20H31BrN2OS2. The summed E-state index contributed by atoms with van der Waals surface area (Å²) < 4.78 is 1.13. The molecule has 1 aromatic rings. The van der Waals surface area contributed by atoms with Crippen molar-refractivity contribution in [2.24, 2.45) is 0 Å². The second-order valence-corrected chi connectivity index (χ2v) is 11.0. The first-order valence-electron chi connectivity index (χ1n) is 9.46. The second kappa shape index (κ2) is 11.6. The zero-order valence-electron chi connectivity index (χ0n) is 16.0. The first-order chi connectivity index (χ1) is 12.5. The molecule has 0 bridgehead atoms. The molecule has 1 N–H and O–H groups in total. The van der Waals surface area contributed by atoms with Gasteiger partial charge in [0.2, 0.25) is 5.91 Å². The summed E-state index contributed by atoms with van der Waals surface area (Å²) in [5.74, 6) is 0.186. The van der Waals surface area contributed by atoms with Crippen molar-refractivity contribution in [1.29, 1.82) is 0 Å². The second-order valence-electron chi connectivity index (χ2n) is 7.16. The van der Waals surface area contributed by atoms with E-state index in [1.807, 2.05) is 23.5 Å². The molecule has 0 saturated heterocycles. The van der Waals surface area contributed by atoms with E-state index in [4.69, 9.17) is 0 Å². The molecule has 0 aliphatic heterocycles. The molecule has 1 saturated carbocycles. The summed E-state index contributed by atoms with van der Waals surface area (Å²) in [4.78, 5) is 15.9. The smallest absolute Gasteiger partial charge is 0.232 e. The number of rotatable bonds is 9. The molecule has 0 aromatic heterocycles. The molecule has 1 aliphatic carbocycles. The maximum absolute atomic E-state index is 12.4. The van der Waals surface area contributed by atoms with Crippen LogP contribution in [0.25, 0.3) is 0 Å². The van der Waals surface area contributed by atoms with Gasteiger partial charge in [0.05, 0.1) is 5.25 Å².